The number of anilines is 1. The Labute approximate surface area is 191 Å². The SMILES string of the molecule is O=C(C=Cc1cnc2c(c1)CC1(CCOCC1)C(=O)N2)N1CCC(=Cc2ccsn2)CC1. The van der Waals surface area contributed by atoms with Crippen molar-refractivity contribution in [2.45, 2.75) is 32.1 Å². The average Bonchev–Trinajstić information content (AvgIpc) is 3.32. The smallest absolute Gasteiger partial charge is 0.246 e. The lowest BCUT2D eigenvalue weighted by Gasteiger charge is -2.39. The maximum Gasteiger partial charge on any atom is 0.246 e. The van der Waals surface area contributed by atoms with Gasteiger partial charge in [-0.3, -0.25) is 9.59 Å². The van der Waals surface area contributed by atoms with Crippen molar-refractivity contribution in [2.24, 2.45) is 5.41 Å². The van der Waals surface area contributed by atoms with Gasteiger partial charge in [0.25, 0.3) is 0 Å². The number of hydrogen-bond acceptors (Lipinski definition) is 6. The summed E-state index contributed by atoms with van der Waals surface area (Å²) >= 11 is 1.45. The Bertz CT molecular complexity index is 1060. The number of nitrogens with one attached hydrogen (secondary N) is 1. The molecule has 0 unspecified atom stereocenters. The summed E-state index contributed by atoms with van der Waals surface area (Å²) in [6, 6.07) is 4.05. The molecule has 2 amide bonds. The molecule has 1 spiro atoms. The average molecular weight is 451 g/mol. The summed E-state index contributed by atoms with van der Waals surface area (Å²) in [5.74, 6) is 0.697. The third-order valence-electron chi connectivity index (χ3n) is 6.63. The highest BCUT2D eigenvalue weighted by atomic mass is 32.1. The zero-order valence-corrected chi connectivity index (χ0v) is 18.7. The van der Waals surface area contributed by atoms with Crippen molar-refractivity contribution >= 4 is 41.3 Å². The molecule has 0 radical (unpaired) electrons. The lowest BCUT2D eigenvalue weighted by Crippen LogP contribution is -2.45. The van der Waals surface area contributed by atoms with Gasteiger partial charge < -0.3 is 15.0 Å². The normalized spacial score (nSPS) is 20.3. The molecule has 0 saturated carbocycles. The number of piperidine rings is 1. The van der Waals surface area contributed by atoms with Gasteiger partial charge in [0.2, 0.25) is 11.8 Å². The predicted molar refractivity (Wildman–Crippen MR) is 124 cm³/mol. The first-order valence-electron chi connectivity index (χ1n) is 11.1. The van der Waals surface area contributed by atoms with Crippen molar-refractivity contribution in [3.05, 3.63) is 52.2 Å². The molecule has 2 aromatic rings. The van der Waals surface area contributed by atoms with Crippen LogP contribution in [0.15, 0.2) is 35.4 Å². The van der Waals surface area contributed by atoms with Crippen molar-refractivity contribution in [1.82, 2.24) is 14.3 Å². The van der Waals surface area contributed by atoms with Crippen LogP contribution in [0.5, 0.6) is 0 Å². The van der Waals surface area contributed by atoms with Gasteiger partial charge in [-0.1, -0.05) is 5.57 Å². The standard InChI is InChI=1S/C24H26N4O3S/c29-21(28-8-3-17(4-9-28)14-20-5-12-32-27-20)2-1-18-13-19-15-24(6-10-31-11-7-24)23(30)26-22(19)25-16-18/h1-2,5,12-14,16H,3-4,6-11,15H2,(H,25,26,30). The summed E-state index contributed by atoms with van der Waals surface area (Å²) in [6.07, 6.45) is 11.2. The zero-order valence-electron chi connectivity index (χ0n) is 17.9. The molecule has 0 atom stereocenters. The number of carbonyl (C=O) groups excluding carboxylic acids is 2. The number of pyridine rings is 1. The topological polar surface area (TPSA) is 84.4 Å². The number of likely N-dealkylation sites (tertiary alicyclic amines) is 1. The van der Waals surface area contributed by atoms with Gasteiger partial charge in [-0.15, -0.1) is 0 Å². The van der Waals surface area contributed by atoms with Crippen LogP contribution in [0.1, 0.15) is 42.5 Å². The van der Waals surface area contributed by atoms with E-state index in [1.807, 2.05) is 28.5 Å². The highest BCUT2D eigenvalue weighted by Crippen LogP contribution is 2.40. The molecular formula is C24H26N4O3S. The maximum absolute atomic E-state index is 12.7. The molecule has 166 valence electrons. The van der Waals surface area contributed by atoms with Gasteiger partial charge in [0.05, 0.1) is 11.1 Å². The van der Waals surface area contributed by atoms with Crippen LogP contribution in [0.4, 0.5) is 5.82 Å². The first-order valence-corrected chi connectivity index (χ1v) is 11.9. The van der Waals surface area contributed by atoms with Crippen LogP contribution in [-0.2, 0) is 20.7 Å². The summed E-state index contributed by atoms with van der Waals surface area (Å²) in [5, 5.41) is 4.94. The minimum atomic E-state index is -0.400. The summed E-state index contributed by atoms with van der Waals surface area (Å²) in [6.45, 7) is 2.66. The van der Waals surface area contributed by atoms with Crippen LogP contribution in [0.25, 0.3) is 12.2 Å². The quantitative estimate of drug-likeness (QED) is 0.723. The molecule has 8 heteroatoms. The summed E-state index contributed by atoms with van der Waals surface area (Å²) in [5.41, 5.74) is 3.84. The monoisotopic (exact) mass is 450 g/mol. The molecule has 7 nitrogen and oxygen atoms in total. The Morgan fingerprint density at radius 1 is 1.25 bits per heavy atom. The Balaban J connectivity index is 1.22. The molecular weight excluding hydrogens is 424 g/mol. The second kappa shape index (κ2) is 8.96. The van der Waals surface area contributed by atoms with E-state index in [4.69, 9.17) is 4.74 Å². The lowest BCUT2D eigenvalue weighted by atomic mass is 9.72. The summed E-state index contributed by atoms with van der Waals surface area (Å²) in [7, 11) is 0. The molecule has 5 rings (SSSR count). The number of rotatable bonds is 3. The third kappa shape index (κ3) is 4.38. The van der Waals surface area contributed by atoms with Gasteiger partial charge in [-0.2, -0.15) is 4.37 Å². The number of aromatic nitrogens is 2. The van der Waals surface area contributed by atoms with Crippen LogP contribution >= 0.6 is 11.5 Å². The molecule has 2 aromatic heterocycles. The van der Waals surface area contributed by atoms with E-state index in [1.165, 1.54) is 17.1 Å². The molecule has 1 N–H and O–H groups in total. The van der Waals surface area contributed by atoms with Crippen LogP contribution < -0.4 is 5.32 Å². The van der Waals surface area contributed by atoms with E-state index in [1.54, 1.807) is 12.3 Å². The van der Waals surface area contributed by atoms with E-state index < -0.39 is 5.41 Å². The molecule has 2 fully saturated rings. The molecule has 0 bridgehead atoms. The van der Waals surface area contributed by atoms with Crippen LogP contribution in [0.3, 0.4) is 0 Å². The second-order valence-corrected chi connectivity index (χ2v) is 9.35. The minimum absolute atomic E-state index is 0.0182. The number of ether oxygens (including phenoxy) is 1. The third-order valence-corrected chi connectivity index (χ3v) is 7.20. The van der Waals surface area contributed by atoms with Crippen molar-refractivity contribution < 1.29 is 14.3 Å². The highest BCUT2D eigenvalue weighted by molar-refractivity contribution is 7.03. The van der Waals surface area contributed by atoms with Gasteiger partial charge >= 0.3 is 0 Å². The molecule has 3 aliphatic rings. The van der Waals surface area contributed by atoms with E-state index in [0.29, 0.717) is 25.5 Å². The fraction of sp³-hybridized carbons (Fsp3) is 0.417. The molecule has 32 heavy (non-hydrogen) atoms. The van der Waals surface area contributed by atoms with Gasteiger partial charge in [0.1, 0.15) is 5.82 Å². The van der Waals surface area contributed by atoms with Crippen LogP contribution in [0.2, 0.25) is 0 Å². The Kier molecular flexibility index (Phi) is 5.89. The number of carbonyl (C=O) groups is 2. The van der Waals surface area contributed by atoms with Crippen LogP contribution in [-0.4, -0.2) is 52.4 Å². The first kappa shape index (κ1) is 21.0. The molecule has 5 heterocycles. The molecule has 0 aliphatic carbocycles. The number of amides is 2. The van der Waals surface area contributed by atoms with Gasteiger partial charge in [-0.05, 0) is 79.0 Å². The van der Waals surface area contributed by atoms with Gasteiger partial charge in [0, 0.05) is 44.0 Å². The van der Waals surface area contributed by atoms with Crippen LogP contribution in [0, 0.1) is 5.41 Å². The fourth-order valence-corrected chi connectivity index (χ4v) is 5.15. The van der Waals surface area contributed by atoms with Crippen molar-refractivity contribution in [2.75, 3.05) is 31.6 Å². The van der Waals surface area contributed by atoms with Gasteiger partial charge in [0.15, 0.2) is 0 Å². The summed E-state index contributed by atoms with van der Waals surface area (Å²) < 4.78 is 9.79. The fourth-order valence-electron chi connectivity index (χ4n) is 4.66. The molecule has 0 aromatic carbocycles. The number of fused-ring (bicyclic) bond motifs is 1. The van der Waals surface area contributed by atoms with Crippen molar-refractivity contribution in [3.8, 4) is 0 Å². The van der Waals surface area contributed by atoms with E-state index in [0.717, 1.165) is 55.6 Å². The van der Waals surface area contributed by atoms with Crippen molar-refractivity contribution in [1.29, 1.82) is 0 Å². The van der Waals surface area contributed by atoms with E-state index in [2.05, 4.69) is 20.8 Å². The zero-order chi connectivity index (χ0) is 22.0. The second-order valence-electron chi connectivity index (χ2n) is 8.69. The Morgan fingerprint density at radius 2 is 2.06 bits per heavy atom. The first-order chi connectivity index (χ1) is 15.6. The molecule has 3 aliphatic heterocycles. The Morgan fingerprint density at radius 3 is 2.81 bits per heavy atom. The van der Waals surface area contributed by atoms with E-state index in [9.17, 15) is 9.59 Å². The lowest BCUT2D eigenvalue weighted by molar-refractivity contribution is -0.131. The van der Waals surface area contributed by atoms with Crippen molar-refractivity contribution in [3.63, 3.8) is 0 Å². The molecule has 2 saturated heterocycles. The maximum atomic E-state index is 12.7. The largest absolute Gasteiger partial charge is 0.381 e. The predicted octanol–water partition coefficient (Wildman–Crippen LogP) is 3.55. The minimum Gasteiger partial charge on any atom is -0.381 e. The van der Waals surface area contributed by atoms with Gasteiger partial charge in [-0.25, -0.2) is 4.98 Å². The number of hydrogen-bond donors (Lipinski definition) is 1. The number of nitrogens with zero attached hydrogens (tertiary/aromatic N) is 3. The Hall–Kier alpha value is -2.84. The van der Waals surface area contributed by atoms with E-state index >= 15 is 0 Å². The van der Waals surface area contributed by atoms with E-state index in [-0.39, 0.29) is 11.8 Å². The highest BCUT2D eigenvalue weighted by Gasteiger charge is 2.43. The summed E-state index contributed by atoms with van der Waals surface area (Å²) in [4.78, 5) is 31.6.